The predicted octanol–water partition coefficient (Wildman–Crippen LogP) is 3.48. The van der Waals surface area contributed by atoms with Crippen LogP contribution in [0.1, 0.15) is 41.6 Å². The summed E-state index contributed by atoms with van der Waals surface area (Å²) in [6.07, 6.45) is 6.56. The number of nitrogens with zero attached hydrogens (tertiary/aromatic N) is 2. The lowest BCUT2D eigenvalue weighted by molar-refractivity contribution is 0.285. The third-order valence-corrected chi connectivity index (χ3v) is 4.86. The number of hydrogen-bond donors (Lipinski definition) is 3. The Hall–Kier alpha value is -3.25. The van der Waals surface area contributed by atoms with Crippen LogP contribution >= 0.6 is 0 Å². The van der Waals surface area contributed by atoms with Crippen LogP contribution in [0.5, 0.6) is 0 Å². The molecule has 3 heterocycles. The molecule has 6 nitrogen and oxygen atoms in total. The minimum absolute atomic E-state index is 0.148. The van der Waals surface area contributed by atoms with E-state index in [2.05, 4.69) is 20.2 Å². The van der Waals surface area contributed by atoms with E-state index in [0.717, 1.165) is 47.4 Å². The molecule has 0 saturated carbocycles. The maximum absolute atomic E-state index is 12.5. The fourth-order valence-corrected chi connectivity index (χ4v) is 3.44. The Morgan fingerprint density at radius 3 is 2.71 bits per heavy atom. The highest BCUT2D eigenvalue weighted by molar-refractivity contribution is 6.32. The van der Waals surface area contributed by atoms with Gasteiger partial charge in [-0.05, 0) is 43.0 Å². The van der Waals surface area contributed by atoms with Crippen LogP contribution in [0.25, 0.3) is 11.6 Å². The molecule has 0 unspecified atom stereocenters. The van der Waals surface area contributed by atoms with Gasteiger partial charge in [0.25, 0.3) is 5.56 Å². The summed E-state index contributed by atoms with van der Waals surface area (Å²) < 4.78 is 0. The van der Waals surface area contributed by atoms with Crippen molar-refractivity contribution in [1.29, 1.82) is 0 Å². The van der Waals surface area contributed by atoms with Crippen molar-refractivity contribution in [1.82, 2.24) is 15.2 Å². The number of hydrogen-bond acceptors (Lipinski definition) is 4. The Morgan fingerprint density at radius 2 is 1.89 bits per heavy atom. The molecule has 1 aliphatic heterocycles. The first-order chi connectivity index (χ1) is 13.8. The van der Waals surface area contributed by atoms with Crippen LogP contribution in [-0.4, -0.2) is 32.6 Å². The monoisotopic (exact) mass is 374 g/mol. The highest BCUT2D eigenvalue weighted by atomic mass is 16.2. The summed E-state index contributed by atoms with van der Waals surface area (Å²) in [7, 11) is 0. The second kappa shape index (κ2) is 8.19. The average Bonchev–Trinajstić information content (AvgIpc) is 3.24. The molecule has 3 aromatic rings. The molecule has 142 valence electrons. The topological polar surface area (TPSA) is 94.1 Å². The molecule has 28 heavy (non-hydrogen) atoms. The second-order valence-electron chi connectivity index (χ2n) is 6.81. The number of H-pyrrole nitrogens is 2. The van der Waals surface area contributed by atoms with E-state index >= 15 is 0 Å². The zero-order valence-corrected chi connectivity index (χ0v) is 15.5. The minimum atomic E-state index is -0.148. The van der Waals surface area contributed by atoms with Crippen molar-refractivity contribution in [2.75, 3.05) is 6.61 Å². The molecule has 0 bridgehead atoms. The zero-order valence-electron chi connectivity index (χ0n) is 15.5. The molecule has 0 fully saturated rings. The molecule has 1 aromatic carbocycles. The van der Waals surface area contributed by atoms with Crippen LogP contribution in [0.3, 0.4) is 0 Å². The third-order valence-electron chi connectivity index (χ3n) is 4.86. The normalized spacial score (nSPS) is 14.3. The van der Waals surface area contributed by atoms with Crippen molar-refractivity contribution in [3.8, 4) is 0 Å². The van der Waals surface area contributed by atoms with Gasteiger partial charge in [-0.3, -0.25) is 9.89 Å². The lowest BCUT2D eigenvalue weighted by Gasteiger charge is -2.06. The van der Waals surface area contributed by atoms with Crippen molar-refractivity contribution in [2.24, 2.45) is 4.99 Å². The van der Waals surface area contributed by atoms with E-state index in [1.807, 2.05) is 48.5 Å². The van der Waals surface area contributed by atoms with Gasteiger partial charge in [0.1, 0.15) is 0 Å². The van der Waals surface area contributed by atoms with Gasteiger partial charge in [-0.1, -0.05) is 30.3 Å². The average molecular weight is 374 g/mol. The molecule has 0 saturated heterocycles. The van der Waals surface area contributed by atoms with E-state index in [9.17, 15) is 4.79 Å². The molecule has 4 rings (SSSR count). The number of aliphatic imine (C=N–C) groups is 1. The molecular formula is C22H22N4O2. The molecule has 0 amide bonds. The fourth-order valence-electron chi connectivity index (χ4n) is 3.44. The quantitative estimate of drug-likeness (QED) is 0.553. The van der Waals surface area contributed by atoms with Gasteiger partial charge in [-0.25, -0.2) is 9.98 Å². The Morgan fingerprint density at radius 1 is 1.04 bits per heavy atom. The molecular weight excluding hydrogens is 352 g/mol. The lowest BCUT2D eigenvalue weighted by atomic mass is 9.97. The number of benzene rings is 1. The SMILES string of the molecule is O=c1[nH][nH]c(Cc2ccccc2)c1C=C1C(CCCCO)=Nc2ncccc21. The zero-order chi connectivity index (χ0) is 19.3. The summed E-state index contributed by atoms with van der Waals surface area (Å²) in [5.74, 6) is 0.685. The number of aromatic nitrogens is 3. The lowest BCUT2D eigenvalue weighted by Crippen LogP contribution is -2.05. The molecule has 6 heteroatoms. The number of fused-ring (bicyclic) bond motifs is 1. The van der Waals surface area contributed by atoms with Crippen LogP contribution in [0.4, 0.5) is 5.82 Å². The standard InChI is InChI=1S/C22H22N4O2/c27-12-5-4-10-19-17(16-9-6-11-23-21(16)24-19)14-18-20(25-26-22(18)28)13-15-7-2-1-3-8-15/h1-3,6-9,11,14,27H,4-5,10,12-13H2,(H2,25,26,28). The van der Waals surface area contributed by atoms with Crippen LogP contribution < -0.4 is 5.56 Å². The molecule has 0 atom stereocenters. The maximum Gasteiger partial charge on any atom is 0.271 e. The van der Waals surface area contributed by atoms with Crippen molar-refractivity contribution in [3.63, 3.8) is 0 Å². The summed E-state index contributed by atoms with van der Waals surface area (Å²) in [5.41, 5.74) is 5.22. The third kappa shape index (κ3) is 3.73. The Labute approximate surface area is 162 Å². The van der Waals surface area contributed by atoms with Crippen molar-refractivity contribution < 1.29 is 5.11 Å². The summed E-state index contributed by atoms with van der Waals surface area (Å²) in [5, 5.41) is 14.8. The number of nitrogens with one attached hydrogen (secondary N) is 2. The van der Waals surface area contributed by atoms with E-state index in [-0.39, 0.29) is 12.2 Å². The second-order valence-corrected chi connectivity index (χ2v) is 6.81. The number of aliphatic hydroxyl groups excluding tert-OH is 1. The number of unbranched alkanes of at least 4 members (excludes halogenated alkanes) is 1. The van der Waals surface area contributed by atoms with E-state index in [1.54, 1.807) is 6.20 Å². The van der Waals surface area contributed by atoms with Crippen LogP contribution in [-0.2, 0) is 6.42 Å². The number of aliphatic hydroxyl groups is 1. The number of allylic oxidation sites excluding steroid dienone is 1. The molecule has 1 aliphatic rings. The van der Waals surface area contributed by atoms with Gasteiger partial charge in [-0.15, -0.1) is 0 Å². The van der Waals surface area contributed by atoms with Crippen LogP contribution in [0.2, 0.25) is 0 Å². The Kier molecular flexibility index (Phi) is 5.30. The van der Waals surface area contributed by atoms with E-state index in [1.165, 1.54) is 0 Å². The highest BCUT2D eigenvalue weighted by Crippen LogP contribution is 2.35. The summed E-state index contributed by atoms with van der Waals surface area (Å²) in [6, 6.07) is 13.9. The van der Waals surface area contributed by atoms with E-state index in [4.69, 9.17) is 5.11 Å². The van der Waals surface area contributed by atoms with Crippen molar-refractivity contribution in [2.45, 2.75) is 25.7 Å². The van der Waals surface area contributed by atoms with Gasteiger partial charge in [0.15, 0.2) is 5.82 Å². The smallest absolute Gasteiger partial charge is 0.271 e. The Balaban J connectivity index is 1.71. The molecule has 0 radical (unpaired) electrons. The first-order valence-electron chi connectivity index (χ1n) is 9.45. The number of rotatable bonds is 7. The molecule has 3 N–H and O–H groups in total. The minimum Gasteiger partial charge on any atom is -0.396 e. The van der Waals surface area contributed by atoms with Gasteiger partial charge in [-0.2, -0.15) is 0 Å². The highest BCUT2D eigenvalue weighted by Gasteiger charge is 2.22. The van der Waals surface area contributed by atoms with Crippen molar-refractivity contribution in [3.05, 3.63) is 81.4 Å². The molecule has 2 aromatic heterocycles. The largest absolute Gasteiger partial charge is 0.396 e. The van der Waals surface area contributed by atoms with Gasteiger partial charge in [0, 0.05) is 36.1 Å². The summed E-state index contributed by atoms with van der Waals surface area (Å²) >= 11 is 0. The van der Waals surface area contributed by atoms with Gasteiger partial charge in [0.2, 0.25) is 0 Å². The number of aromatic amines is 2. The van der Waals surface area contributed by atoms with E-state index in [0.29, 0.717) is 17.8 Å². The molecule has 0 spiro atoms. The number of pyridine rings is 1. The first kappa shape index (κ1) is 18.1. The summed E-state index contributed by atoms with van der Waals surface area (Å²) in [4.78, 5) is 21.5. The Bertz CT molecular complexity index is 1080. The predicted molar refractivity (Wildman–Crippen MR) is 111 cm³/mol. The van der Waals surface area contributed by atoms with E-state index < -0.39 is 0 Å². The van der Waals surface area contributed by atoms with Gasteiger partial charge < -0.3 is 10.2 Å². The van der Waals surface area contributed by atoms with Crippen LogP contribution in [0, 0.1) is 0 Å². The van der Waals surface area contributed by atoms with Gasteiger partial charge in [0.05, 0.1) is 11.3 Å². The molecule has 0 aliphatic carbocycles. The first-order valence-corrected chi connectivity index (χ1v) is 9.45. The maximum atomic E-state index is 12.5. The van der Waals surface area contributed by atoms with Crippen LogP contribution in [0.15, 0.2) is 58.4 Å². The summed E-state index contributed by atoms with van der Waals surface area (Å²) in [6.45, 7) is 0.163. The van der Waals surface area contributed by atoms with Gasteiger partial charge >= 0.3 is 0 Å². The fraction of sp³-hybridized carbons (Fsp3) is 0.227. The van der Waals surface area contributed by atoms with Crippen molar-refractivity contribution >= 4 is 23.2 Å².